The van der Waals surface area contributed by atoms with E-state index in [9.17, 15) is 13.2 Å². The van der Waals surface area contributed by atoms with E-state index in [2.05, 4.69) is 5.32 Å². The number of anilines is 1. The average Bonchev–Trinajstić information content (AvgIpc) is 2.87. The number of benzene rings is 3. The summed E-state index contributed by atoms with van der Waals surface area (Å²) in [5.74, 6) is 0.845. The van der Waals surface area contributed by atoms with Gasteiger partial charge in [-0.05, 0) is 61.4 Å². The summed E-state index contributed by atoms with van der Waals surface area (Å²) in [6.45, 7) is 2.32. The van der Waals surface area contributed by atoms with Crippen molar-refractivity contribution in [3.63, 3.8) is 0 Å². The number of rotatable bonds is 8. The highest BCUT2D eigenvalue weighted by molar-refractivity contribution is 7.89. The maximum atomic E-state index is 13.3. The molecule has 0 atom stereocenters. The van der Waals surface area contributed by atoms with Gasteiger partial charge in [0.25, 0.3) is 5.91 Å². The minimum atomic E-state index is -3.61. The molecule has 1 saturated carbocycles. The Hall–Kier alpha value is -3.16. The van der Waals surface area contributed by atoms with Crippen molar-refractivity contribution >= 4 is 21.6 Å². The van der Waals surface area contributed by atoms with E-state index >= 15 is 0 Å². The van der Waals surface area contributed by atoms with Crippen molar-refractivity contribution < 1.29 is 17.9 Å². The van der Waals surface area contributed by atoms with Gasteiger partial charge >= 0.3 is 0 Å². The highest BCUT2D eigenvalue weighted by Crippen LogP contribution is 2.30. The van der Waals surface area contributed by atoms with E-state index in [0.717, 1.165) is 32.1 Å². The SMILES string of the molecule is CCN(C1CCCCC1)S(=O)(=O)c1ccc(C(=O)Nc2ccccc2Oc2ccccc2)cc1. The Balaban J connectivity index is 1.49. The molecular formula is C27H30N2O4S. The fourth-order valence-electron chi connectivity index (χ4n) is 4.38. The third-order valence-electron chi connectivity index (χ3n) is 6.12. The molecule has 1 amide bonds. The molecule has 1 aliphatic carbocycles. The van der Waals surface area contributed by atoms with Gasteiger partial charge in [-0.1, -0.05) is 56.5 Å². The molecule has 6 nitrogen and oxygen atoms in total. The number of para-hydroxylation sites is 3. The van der Waals surface area contributed by atoms with Gasteiger partial charge < -0.3 is 10.1 Å². The number of hydrogen-bond acceptors (Lipinski definition) is 4. The summed E-state index contributed by atoms with van der Waals surface area (Å²) in [4.78, 5) is 13.1. The van der Waals surface area contributed by atoms with Crippen molar-refractivity contribution in [1.29, 1.82) is 0 Å². The fourth-order valence-corrected chi connectivity index (χ4v) is 6.07. The molecular weight excluding hydrogens is 448 g/mol. The summed E-state index contributed by atoms with van der Waals surface area (Å²) < 4.78 is 34.0. The second-order valence-corrected chi connectivity index (χ2v) is 10.3. The number of sulfonamides is 1. The zero-order valence-electron chi connectivity index (χ0n) is 19.3. The quantitative estimate of drug-likeness (QED) is 0.426. The van der Waals surface area contributed by atoms with Crippen LogP contribution in [0.2, 0.25) is 0 Å². The van der Waals surface area contributed by atoms with Crippen molar-refractivity contribution in [3.05, 3.63) is 84.4 Å². The van der Waals surface area contributed by atoms with Crippen molar-refractivity contribution in [3.8, 4) is 11.5 Å². The van der Waals surface area contributed by atoms with E-state index in [1.165, 1.54) is 12.1 Å². The lowest BCUT2D eigenvalue weighted by Gasteiger charge is -2.32. The van der Waals surface area contributed by atoms with Gasteiger partial charge in [-0.2, -0.15) is 4.31 Å². The number of ether oxygens (including phenoxy) is 1. The van der Waals surface area contributed by atoms with Gasteiger partial charge in [-0.25, -0.2) is 8.42 Å². The minimum Gasteiger partial charge on any atom is -0.455 e. The first-order valence-corrected chi connectivity index (χ1v) is 13.2. The predicted octanol–water partition coefficient (Wildman–Crippen LogP) is 6.07. The molecule has 178 valence electrons. The topological polar surface area (TPSA) is 75.7 Å². The molecule has 0 aromatic heterocycles. The zero-order chi connectivity index (χ0) is 24.0. The third-order valence-corrected chi connectivity index (χ3v) is 8.16. The van der Waals surface area contributed by atoms with Gasteiger partial charge in [-0.3, -0.25) is 4.79 Å². The normalized spacial score (nSPS) is 14.6. The zero-order valence-corrected chi connectivity index (χ0v) is 20.1. The molecule has 0 spiro atoms. The smallest absolute Gasteiger partial charge is 0.255 e. The summed E-state index contributed by atoms with van der Waals surface area (Å²) in [6.07, 6.45) is 5.09. The molecule has 0 heterocycles. The predicted molar refractivity (Wildman–Crippen MR) is 134 cm³/mol. The number of hydrogen-bond donors (Lipinski definition) is 1. The summed E-state index contributed by atoms with van der Waals surface area (Å²) >= 11 is 0. The van der Waals surface area contributed by atoms with Crippen LogP contribution in [0.25, 0.3) is 0 Å². The lowest BCUT2D eigenvalue weighted by Crippen LogP contribution is -2.41. The number of nitrogens with zero attached hydrogens (tertiary/aromatic N) is 1. The Morgan fingerprint density at radius 2 is 1.56 bits per heavy atom. The van der Waals surface area contributed by atoms with E-state index in [-0.39, 0.29) is 16.8 Å². The molecule has 1 fully saturated rings. The molecule has 0 unspecified atom stereocenters. The first-order chi connectivity index (χ1) is 16.5. The molecule has 1 N–H and O–H groups in total. The van der Waals surface area contributed by atoms with Crippen LogP contribution in [0.5, 0.6) is 11.5 Å². The van der Waals surface area contributed by atoms with Crippen LogP contribution in [-0.2, 0) is 10.0 Å². The van der Waals surface area contributed by atoms with Crippen molar-refractivity contribution in [2.45, 2.75) is 50.0 Å². The molecule has 3 aromatic rings. The Morgan fingerprint density at radius 3 is 2.24 bits per heavy atom. The van der Waals surface area contributed by atoms with Gasteiger partial charge in [0.1, 0.15) is 5.75 Å². The summed E-state index contributed by atoms with van der Waals surface area (Å²) in [6, 6.07) is 22.7. The summed E-state index contributed by atoms with van der Waals surface area (Å²) in [7, 11) is -3.61. The van der Waals surface area contributed by atoms with Crippen LogP contribution in [-0.4, -0.2) is 31.2 Å². The molecule has 0 radical (unpaired) electrons. The lowest BCUT2D eigenvalue weighted by molar-refractivity contribution is 0.102. The van der Waals surface area contributed by atoms with Crippen LogP contribution in [0.4, 0.5) is 5.69 Å². The van der Waals surface area contributed by atoms with E-state index in [0.29, 0.717) is 29.3 Å². The van der Waals surface area contributed by atoms with Gasteiger partial charge in [0.2, 0.25) is 10.0 Å². The highest BCUT2D eigenvalue weighted by atomic mass is 32.2. The van der Waals surface area contributed by atoms with E-state index in [4.69, 9.17) is 4.74 Å². The number of carbonyl (C=O) groups excluding carboxylic acids is 1. The molecule has 0 aliphatic heterocycles. The maximum Gasteiger partial charge on any atom is 0.255 e. The Bertz CT molecular complexity index is 1200. The maximum absolute atomic E-state index is 13.3. The van der Waals surface area contributed by atoms with Crippen LogP contribution < -0.4 is 10.1 Å². The number of carbonyl (C=O) groups is 1. The van der Waals surface area contributed by atoms with Gasteiger partial charge in [0.05, 0.1) is 10.6 Å². The van der Waals surface area contributed by atoms with E-state index in [1.807, 2.05) is 49.4 Å². The second-order valence-electron chi connectivity index (χ2n) is 8.39. The van der Waals surface area contributed by atoms with Gasteiger partial charge in [0, 0.05) is 18.2 Å². The molecule has 1 aliphatic rings. The monoisotopic (exact) mass is 478 g/mol. The van der Waals surface area contributed by atoms with E-state index < -0.39 is 10.0 Å². The molecule has 0 saturated heterocycles. The van der Waals surface area contributed by atoms with Crippen LogP contribution in [0.1, 0.15) is 49.4 Å². The Kier molecular flexibility index (Phi) is 7.65. The molecule has 7 heteroatoms. The third kappa shape index (κ3) is 5.48. The van der Waals surface area contributed by atoms with Crippen LogP contribution in [0.15, 0.2) is 83.8 Å². The number of nitrogens with one attached hydrogen (secondary N) is 1. The number of amides is 1. The lowest BCUT2D eigenvalue weighted by atomic mass is 9.95. The molecule has 4 rings (SSSR count). The van der Waals surface area contributed by atoms with Crippen LogP contribution in [0, 0.1) is 0 Å². The first kappa shape index (κ1) is 24.0. The van der Waals surface area contributed by atoms with Crippen molar-refractivity contribution in [2.75, 3.05) is 11.9 Å². The molecule has 3 aromatic carbocycles. The fraction of sp³-hybridized carbons (Fsp3) is 0.296. The first-order valence-electron chi connectivity index (χ1n) is 11.7. The summed E-state index contributed by atoms with van der Waals surface area (Å²) in [5.41, 5.74) is 0.900. The largest absolute Gasteiger partial charge is 0.455 e. The molecule has 34 heavy (non-hydrogen) atoms. The summed E-state index contributed by atoms with van der Waals surface area (Å²) in [5, 5.41) is 2.87. The average molecular weight is 479 g/mol. The second kappa shape index (κ2) is 10.8. The van der Waals surface area contributed by atoms with Crippen molar-refractivity contribution in [2.24, 2.45) is 0 Å². The van der Waals surface area contributed by atoms with Crippen LogP contribution in [0.3, 0.4) is 0 Å². The van der Waals surface area contributed by atoms with Gasteiger partial charge in [0.15, 0.2) is 5.75 Å². The minimum absolute atomic E-state index is 0.0489. The standard InChI is InChI=1S/C27H30N2O4S/c1-2-29(22-11-5-3-6-12-22)34(31,32)24-19-17-21(18-20-24)27(30)28-25-15-9-10-16-26(25)33-23-13-7-4-8-14-23/h4,7-10,13-20,22H,2-3,5-6,11-12H2,1H3,(H,28,30). The van der Waals surface area contributed by atoms with E-state index in [1.54, 1.807) is 28.6 Å². The highest BCUT2D eigenvalue weighted by Gasteiger charge is 2.31. The van der Waals surface area contributed by atoms with Crippen molar-refractivity contribution in [1.82, 2.24) is 4.31 Å². The Morgan fingerprint density at radius 1 is 0.912 bits per heavy atom. The van der Waals surface area contributed by atoms with Crippen LogP contribution >= 0.6 is 0 Å². The Labute approximate surface area is 201 Å². The molecule has 0 bridgehead atoms. The van der Waals surface area contributed by atoms with Gasteiger partial charge in [-0.15, -0.1) is 0 Å².